The first kappa shape index (κ1) is 11.9. The third-order valence-corrected chi connectivity index (χ3v) is 5.36. The van der Waals surface area contributed by atoms with Gasteiger partial charge in [-0.2, -0.15) is 5.10 Å². The summed E-state index contributed by atoms with van der Waals surface area (Å²) in [5.41, 5.74) is 3.57. The Morgan fingerprint density at radius 1 is 1.45 bits per heavy atom. The lowest BCUT2D eigenvalue weighted by atomic mass is 9.86. The van der Waals surface area contributed by atoms with Crippen LogP contribution in [0.3, 0.4) is 0 Å². The lowest BCUT2D eigenvalue weighted by molar-refractivity contribution is 0.575. The molecule has 3 aromatic rings. The van der Waals surface area contributed by atoms with Crippen molar-refractivity contribution in [1.29, 1.82) is 0 Å². The summed E-state index contributed by atoms with van der Waals surface area (Å²) in [6.07, 6.45) is 7.09. The van der Waals surface area contributed by atoms with Gasteiger partial charge in [-0.05, 0) is 36.8 Å². The number of rotatable bonds is 1. The number of hydrogen-bond donors (Lipinski definition) is 2. The number of aryl methyl sites for hydroxylation is 1. The van der Waals surface area contributed by atoms with Crippen LogP contribution in [0.2, 0.25) is 0 Å². The van der Waals surface area contributed by atoms with Crippen LogP contribution in [-0.4, -0.2) is 15.2 Å². The molecule has 0 aliphatic heterocycles. The van der Waals surface area contributed by atoms with Gasteiger partial charge in [0.25, 0.3) is 5.56 Å². The Morgan fingerprint density at radius 2 is 2.35 bits per heavy atom. The molecule has 1 unspecified atom stereocenters. The number of thiophene rings is 1. The first-order valence-electron chi connectivity index (χ1n) is 6.92. The predicted molar refractivity (Wildman–Crippen MR) is 81.4 cm³/mol. The number of nitrogens with zero attached hydrogens (tertiary/aromatic N) is 1. The molecule has 0 saturated carbocycles. The molecule has 20 heavy (non-hydrogen) atoms. The summed E-state index contributed by atoms with van der Waals surface area (Å²) in [5, 5.41) is 7.95. The number of hydrogen-bond acceptors (Lipinski definition) is 3. The molecule has 2 N–H and O–H groups in total. The largest absolute Gasteiger partial charge is 0.324 e. The van der Waals surface area contributed by atoms with E-state index in [-0.39, 0.29) is 5.56 Å². The van der Waals surface area contributed by atoms with Gasteiger partial charge in [-0.25, -0.2) is 0 Å². The summed E-state index contributed by atoms with van der Waals surface area (Å²) in [5.74, 6) is 0.452. The average molecular weight is 285 g/mol. The molecule has 1 aliphatic rings. The van der Waals surface area contributed by atoms with E-state index < -0.39 is 0 Å². The standard InChI is InChI=1S/C15H15N3OS/c1-8-3-2-4-10-11-5-12(9-6-16-17-7-9)20-14(11)15(19)18-13(8)10/h5-8H,2-4H2,1H3,(H,16,17)(H,18,19). The van der Waals surface area contributed by atoms with E-state index in [0.717, 1.165) is 39.1 Å². The van der Waals surface area contributed by atoms with E-state index in [1.54, 1.807) is 17.5 Å². The van der Waals surface area contributed by atoms with E-state index in [1.165, 1.54) is 12.0 Å². The average Bonchev–Trinajstić information content (AvgIpc) is 3.08. The number of fused-ring (bicyclic) bond motifs is 3. The highest BCUT2D eigenvalue weighted by molar-refractivity contribution is 7.22. The number of H-pyrrole nitrogens is 2. The lowest BCUT2D eigenvalue weighted by Crippen LogP contribution is -2.17. The Balaban J connectivity index is 2.02. The number of nitrogens with one attached hydrogen (secondary N) is 2. The zero-order valence-corrected chi connectivity index (χ0v) is 12.0. The van der Waals surface area contributed by atoms with Gasteiger partial charge in [-0.3, -0.25) is 9.89 Å². The Labute approximate surface area is 119 Å². The van der Waals surface area contributed by atoms with Gasteiger partial charge in [0.2, 0.25) is 0 Å². The van der Waals surface area contributed by atoms with Crippen LogP contribution in [0.15, 0.2) is 23.3 Å². The van der Waals surface area contributed by atoms with Gasteiger partial charge in [-0.1, -0.05) is 6.92 Å². The SMILES string of the molecule is CC1CCCc2c1[nH]c(=O)c1sc(-c3cn[nH]c3)cc21. The minimum absolute atomic E-state index is 0.0484. The minimum atomic E-state index is 0.0484. The first-order chi connectivity index (χ1) is 9.74. The summed E-state index contributed by atoms with van der Waals surface area (Å²) >= 11 is 1.55. The second kappa shape index (κ2) is 4.31. The second-order valence-electron chi connectivity index (χ2n) is 5.48. The van der Waals surface area contributed by atoms with Crippen molar-refractivity contribution in [3.05, 3.63) is 40.1 Å². The number of pyridine rings is 1. The molecule has 0 amide bonds. The summed E-state index contributed by atoms with van der Waals surface area (Å²) in [7, 11) is 0. The van der Waals surface area contributed by atoms with Crippen molar-refractivity contribution in [2.24, 2.45) is 0 Å². The van der Waals surface area contributed by atoms with Crippen LogP contribution in [0, 0.1) is 0 Å². The predicted octanol–water partition coefficient (Wildman–Crippen LogP) is 3.42. The molecule has 0 radical (unpaired) electrons. The van der Waals surface area contributed by atoms with Crippen LogP contribution in [-0.2, 0) is 6.42 Å². The van der Waals surface area contributed by atoms with Crippen molar-refractivity contribution < 1.29 is 0 Å². The fraction of sp³-hybridized carbons (Fsp3) is 0.333. The molecule has 0 spiro atoms. The maximum Gasteiger partial charge on any atom is 0.266 e. The Hall–Kier alpha value is -1.88. The summed E-state index contributed by atoms with van der Waals surface area (Å²) < 4.78 is 0.842. The number of aromatic amines is 2. The van der Waals surface area contributed by atoms with Gasteiger partial charge in [0.1, 0.15) is 4.70 Å². The number of aromatic nitrogens is 3. The molecule has 102 valence electrons. The van der Waals surface area contributed by atoms with Crippen LogP contribution in [0.25, 0.3) is 20.5 Å². The zero-order chi connectivity index (χ0) is 13.7. The maximum absolute atomic E-state index is 12.3. The van der Waals surface area contributed by atoms with Gasteiger partial charge in [0.15, 0.2) is 0 Å². The Kier molecular flexibility index (Phi) is 2.57. The first-order valence-corrected chi connectivity index (χ1v) is 7.73. The second-order valence-corrected chi connectivity index (χ2v) is 6.53. The highest BCUT2D eigenvalue weighted by atomic mass is 32.1. The molecule has 0 saturated heterocycles. The molecule has 0 bridgehead atoms. The van der Waals surface area contributed by atoms with Crippen molar-refractivity contribution in [3.63, 3.8) is 0 Å². The van der Waals surface area contributed by atoms with E-state index >= 15 is 0 Å². The highest BCUT2D eigenvalue weighted by Crippen LogP contribution is 2.38. The van der Waals surface area contributed by atoms with Gasteiger partial charge in [0.05, 0.1) is 6.20 Å². The smallest absolute Gasteiger partial charge is 0.266 e. The monoisotopic (exact) mass is 285 g/mol. The molecule has 0 fully saturated rings. The van der Waals surface area contributed by atoms with E-state index in [9.17, 15) is 4.79 Å². The topological polar surface area (TPSA) is 61.5 Å². The van der Waals surface area contributed by atoms with Crippen molar-refractivity contribution >= 4 is 21.4 Å². The van der Waals surface area contributed by atoms with Crippen molar-refractivity contribution in [3.8, 4) is 10.4 Å². The molecule has 1 atom stereocenters. The molecule has 3 aromatic heterocycles. The fourth-order valence-electron chi connectivity index (χ4n) is 3.13. The van der Waals surface area contributed by atoms with Gasteiger partial charge < -0.3 is 4.98 Å². The molecule has 0 aromatic carbocycles. The normalized spacial score (nSPS) is 18.4. The van der Waals surface area contributed by atoms with Crippen molar-refractivity contribution in [2.75, 3.05) is 0 Å². The minimum Gasteiger partial charge on any atom is -0.324 e. The molecule has 3 heterocycles. The van der Waals surface area contributed by atoms with Crippen molar-refractivity contribution in [1.82, 2.24) is 15.2 Å². The summed E-state index contributed by atoms with van der Waals surface area (Å²) in [4.78, 5) is 16.5. The summed E-state index contributed by atoms with van der Waals surface area (Å²) in [6.45, 7) is 2.20. The quantitative estimate of drug-likeness (QED) is 0.719. The Bertz CT molecular complexity index is 829. The molecule has 4 rings (SSSR count). The van der Waals surface area contributed by atoms with Gasteiger partial charge in [0, 0.05) is 27.7 Å². The zero-order valence-electron chi connectivity index (χ0n) is 11.2. The third kappa shape index (κ3) is 1.66. The Morgan fingerprint density at radius 3 is 3.15 bits per heavy atom. The third-order valence-electron chi connectivity index (χ3n) is 4.18. The molecule has 4 nitrogen and oxygen atoms in total. The fourth-order valence-corrected chi connectivity index (χ4v) is 4.19. The van der Waals surface area contributed by atoms with E-state index in [1.807, 2.05) is 6.20 Å². The molecule has 1 aliphatic carbocycles. The van der Waals surface area contributed by atoms with Crippen LogP contribution < -0.4 is 5.56 Å². The van der Waals surface area contributed by atoms with Gasteiger partial charge in [-0.15, -0.1) is 11.3 Å². The van der Waals surface area contributed by atoms with E-state index in [4.69, 9.17) is 0 Å². The van der Waals surface area contributed by atoms with Gasteiger partial charge >= 0.3 is 0 Å². The van der Waals surface area contributed by atoms with Crippen LogP contribution >= 0.6 is 11.3 Å². The van der Waals surface area contributed by atoms with Crippen LogP contribution in [0.5, 0.6) is 0 Å². The molecular weight excluding hydrogens is 270 g/mol. The van der Waals surface area contributed by atoms with E-state index in [0.29, 0.717) is 5.92 Å². The van der Waals surface area contributed by atoms with E-state index in [2.05, 4.69) is 28.2 Å². The molecule has 5 heteroatoms. The van der Waals surface area contributed by atoms with Crippen molar-refractivity contribution in [2.45, 2.75) is 32.1 Å². The van der Waals surface area contributed by atoms with Crippen LogP contribution in [0.4, 0.5) is 0 Å². The summed E-state index contributed by atoms with van der Waals surface area (Å²) in [6, 6.07) is 2.15. The van der Waals surface area contributed by atoms with Crippen LogP contribution in [0.1, 0.15) is 36.9 Å². The lowest BCUT2D eigenvalue weighted by Gasteiger charge is -2.22. The maximum atomic E-state index is 12.3. The highest BCUT2D eigenvalue weighted by Gasteiger charge is 2.22. The molecular formula is C15H15N3OS.